The highest BCUT2D eigenvalue weighted by Gasteiger charge is 2.46. The van der Waals surface area contributed by atoms with Gasteiger partial charge in [-0.15, -0.1) is 11.3 Å². The normalized spacial score (nSPS) is 15.8. The summed E-state index contributed by atoms with van der Waals surface area (Å²) < 4.78 is 6.76. The van der Waals surface area contributed by atoms with E-state index in [1.165, 1.54) is 27.6 Å². The van der Waals surface area contributed by atoms with Gasteiger partial charge in [0, 0.05) is 5.02 Å². The molecule has 2 aromatic heterocycles. The van der Waals surface area contributed by atoms with E-state index in [4.69, 9.17) is 16.3 Å². The van der Waals surface area contributed by atoms with E-state index in [2.05, 4.69) is 23.8 Å². The van der Waals surface area contributed by atoms with E-state index < -0.39 is 23.5 Å². The fraction of sp³-hybridized carbons (Fsp3) is 0.286. The number of hydrogen-bond donors (Lipinski definition) is 1. The number of aromatic nitrogens is 2. The molecular weight excluding hydrogens is 542 g/mol. The van der Waals surface area contributed by atoms with Gasteiger partial charge in [-0.05, 0) is 62.1 Å². The van der Waals surface area contributed by atoms with Crippen molar-refractivity contribution in [3.8, 4) is 5.75 Å². The van der Waals surface area contributed by atoms with Crippen LogP contribution in [-0.2, 0) is 4.79 Å². The molecule has 5 rings (SSSR count). The van der Waals surface area contributed by atoms with Gasteiger partial charge in [0.2, 0.25) is 5.78 Å². The molecule has 0 bridgehead atoms. The molecule has 0 aliphatic carbocycles. The average molecular weight is 568 g/mol. The van der Waals surface area contributed by atoms with Gasteiger partial charge in [0.05, 0.1) is 44.0 Å². The van der Waals surface area contributed by atoms with Crippen LogP contribution in [-0.4, -0.2) is 33.4 Å². The quantitative estimate of drug-likeness (QED) is 0.226. The molecule has 1 aliphatic rings. The number of anilines is 1. The standard InChI is InChI=1S/C28H26ClN3O4S2/c1-14(2)10-11-36-19-7-5-6-17(12-19)23-22(24(33)26-15(3)30-16(4)37-26)25(34)27(35)32(23)28-31-20-9-8-18(29)13-21(20)38-28/h5-9,12-14,23,34H,10-11H2,1-4H3. The summed E-state index contributed by atoms with van der Waals surface area (Å²) in [6.45, 7) is 8.36. The smallest absolute Gasteiger partial charge is 0.296 e. The van der Waals surface area contributed by atoms with Crippen LogP contribution in [0.3, 0.4) is 0 Å². The number of ether oxygens (including phenoxy) is 1. The monoisotopic (exact) mass is 567 g/mol. The van der Waals surface area contributed by atoms with Crippen molar-refractivity contribution in [3.63, 3.8) is 0 Å². The van der Waals surface area contributed by atoms with Crippen molar-refractivity contribution < 1.29 is 19.4 Å². The van der Waals surface area contributed by atoms with Gasteiger partial charge in [0.1, 0.15) is 5.75 Å². The van der Waals surface area contributed by atoms with Gasteiger partial charge in [0.15, 0.2) is 10.9 Å². The van der Waals surface area contributed by atoms with Crippen LogP contribution in [0.1, 0.15) is 52.2 Å². The molecule has 7 nitrogen and oxygen atoms in total. The number of Topliss-reactive ketones (excluding diaryl/α,β-unsaturated/α-hetero) is 1. The van der Waals surface area contributed by atoms with Gasteiger partial charge < -0.3 is 9.84 Å². The van der Waals surface area contributed by atoms with E-state index in [0.717, 1.165) is 16.1 Å². The van der Waals surface area contributed by atoms with Gasteiger partial charge in [-0.1, -0.05) is 48.9 Å². The van der Waals surface area contributed by atoms with E-state index in [1.807, 2.05) is 31.2 Å². The molecule has 10 heteroatoms. The summed E-state index contributed by atoms with van der Waals surface area (Å²) in [5.41, 5.74) is 1.85. The number of nitrogens with zero attached hydrogens (tertiary/aromatic N) is 3. The highest BCUT2D eigenvalue weighted by Crippen LogP contribution is 2.45. The third-order valence-corrected chi connectivity index (χ3v) is 8.57. The molecule has 0 radical (unpaired) electrons. The van der Waals surface area contributed by atoms with Crippen LogP contribution in [0.25, 0.3) is 10.2 Å². The Morgan fingerprint density at radius 1 is 1.16 bits per heavy atom. The minimum atomic E-state index is -0.901. The number of fused-ring (bicyclic) bond motifs is 1. The van der Waals surface area contributed by atoms with Crippen LogP contribution in [0, 0.1) is 19.8 Å². The number of hydrogen-bond acceptors (Lipinski definition) is 8. The molecule has 1 N–H and O–H groups in total. The second kappa shape index (κ2) is 10.5. The molecule has 1 amide bonds. The highest BCUT2D eigenvalue weighted by molar-refractivity contribution is 7.22. The molecule has 0 fully saturated rings. The summed E-state index contributed by atoms with van der Waals surface area (Å²) in [5.74, 6) is -0.595. The lowest BCUT2D eigenvalue weighted by molar-refractivity contribution is -0.117. The summed E-state index contributed by atoms with van der Waals surface area (Å²) in [7, 11) is 0. The number of carbonyl (C=O) groups is 2. The number of benzene rings is 2. The van der Waals surface area contributed by atoms with E-state index in [1.54, 1.807) is 25.1 Å². The Labute approximate surface area is 233 Å². The maximum Gasteiger partial charge on any atom is 0.296 e. The van der Waals surface area contributed by atoms with E-state index in [9.17, 15) is 14.7 Å². The van der Waals surface area contributed by atoms with Crippen molar-refractivity contribution in [3.05, 3.63) is 80.0 Å². The van der Waals surface area contributed by atoms with E-state index in [-0.39, 0.29) is 5.57 Å². The molecule has 1 unspecified atom stereocenters. The summed E-state index contributed by atoms with van der Waals surface area (Å²) in [6, 6.07) is 11.7. The first-order valence-corrected chi connectivity index (χ1v) is 14.2. The number of aliphatic hydroxyl groups is 1. The van der Waals surface area contributed by atoms with Crippen molar-refractivity contribution in [1.29, 1.82) is 0 Å². The van der Waals surface area contributed by atoms with Crippen LogP contribution in [0.15, 0.2) is 53.8 Å². The summed E-state index contributed by atoms with van der Waals surface area (Å²) in [6.07, 6.45) is 0.890. The predicted octanol–water partition coefficient (Wildman–Crippen LogP) is 7.23. The molecule has 0 saturated carbocycles. The molecule has 1 aliphatic heterocycles. The van der Waals surface area contributed by atoms with Crippen molar-refractivity contribution in [1.82, 2.24) is 9.97 Å². The Hall–Kier alpha value is -3.27. The topological polar surface area (TPSA) is 92.6 Å². The number of rotatable bonds is 8. The number of aliphatic hydroxyl groups excluding tert-OH is 1. The molecule has 3 heterocycles. The van der Waals surface area contributed by atoms with Gasteiger partial charge >= 0.3 is 0 Å². The third-order valence-electron chi connectivity index (χ3n) is 6.25. The van der Waals surface area contributed by atoms with Crippen molar-refractivity contribution in [2.45, 2.75) is 40.2 Å². The van der Waals surface area contributed by atoms with Gasteiger partial charge in [-0.2, -0.15) is 0 Å². The predicted molar refractivity (Wildman–Crippen MR) is 152 cm³/mol. The first-order chi connectivity index (χ1) is 18.1. The zero-order valence-corrected chi connectivity index (χ0v) is 23.7. The van der Waals surface area contributed by atoms with E-state index in [0.29, 0.717) is 50.1 Å². The second-order valence-electron chi connectivity index (χ2n) is 9.53. The number of carbonyl (C=O) groups excluding carboxylic acids is 2. The first kappa shape index (κ1) is 26.3. The summed E-state index contributed by atoms with van der Waals surface area (Å²) >= 11 is 8.69. The van der Waals surface area contributed by atoms with Gasteiger partial charge in [-0.25, -0.2) is 9.97 Å². The molecule has 1 atom stereocenters. The van der Waals surface area contributed by atoms with Crippen molar-refractivity contribution in [2.24, 2.45) is 5.92 Å². The summed E-state index contributed by atoms with van der Waals surface area (Å²) in [5, 5.41) is 12.8. The van der Waals surface area contributed by atoms with Crippen molar-refractivity contribution >= 4 is 61.3 Å². The van der Waals surface area contributed by atoms with Crippen LogP contribution in [0.5, 0.6) is 5.75 Å². The molecular formula is C28H26ClN3O4S2. The number of aryl methyl sites for hydroxylation is 2. The largest absolute Gasteiger partial charge is 0.503 e. The fourth-order valence-corrected chi connectivity index (χ4v) is 6.53. The Morgan fingerprint density at radius 2 is 1.95 bits per heavy atom. The lowest BCUT2D eigenvalue weighted by atomic mass is 9.95. The van der Waals surface area contributed by atoms with Crippen LogP contribution in [0.4, 0.5) is 5.13 Å². The first-order valence-electron chi connectivity index (χ1n) is 12.2. The molecule has 4 aromatic rings. The zero-order valence-electron chi connectivity index (χ0n) is 21.3. The number of ketones is 1. The lowest BCUT2D eigenvalue weighted by Gasteiger charge is -2.25. The molecule has 0 saturated heterocycles. The Balaban J connectivity index is 1.62. The Kier molecular flexibility index (Phi) is 7.26. The molecule has 38 heavy (non-hydrogen) atoms. The fourth-order valence-electron chi connectivity index (χ4n) is 4.39. The maximum absolute atomic E-state index is 13.9. The third kappa shape index (κ3) is 4.93. The molecule has 2 aromatic carbocycles. The minimum Gasteiger partial charge on any atom is -0.503 e. The Bertz CT molecular complexity index is 1590. The number of amides is 1. The molecule has 0 spiro atoms. The van der Waals surface area contributed by atoms with Crippen molar-refractivity contribution in [2.75, 3.05) is 11.5 Å². The minimum absolute atomic E-state index is 0.00151. The average Bonchev–Trinajstić information content (AvgIpc) is 3.51. The number of halogens is 1. The van der Waals surface area contributed by atoms with Gasteiger partial charge in [0.25, 0.3) is 5.91 Å². The van der Waals surface area contributed by atoms with Crippen LogP contribution < -0.4 is 9.64 Å². The highest BCUT2D eigenvalue weighted by atomic mass is 35.5. The molecule has 196 valence electrons. The van der Waals surface area contributed by atoms with E-state index >= 15 is 0 Å². The zero-order chi connectivity index (χ0) is 27.1. The van der Waals surface area contributed by atoms with Crippen LogP contribution in [0.2, 0.25) is 5.02 Å². The SMILES string of the molecule is Cc1nc(C)c(C(=O)C2=C(O)C(=O)N(c3nc4ccc(Cl)cc4s3)C2c2cccc(OCCC(C)C)c2)s1. The van der Waals surface area contributed by atoms with Crippen LogP contribution >= 0.6 is 34.3 Å². The Morgan fingerprint density at radius 3 is 2.66 bits per heavy atom. The summed E-state index contributed by atoms with van der Waals surface area (Å²) in [4.78, 5) is 38.2. The maximum atomic E-state index is 13.9. The number of thiazole rings is 2. The lowest BCUT2D eigenvalue weighted by Crippen LogP contribution is -2.31. The van der Waals surface area contributed by atoms with Gasteiger partial charge in [-0.3, -0.25) is 14.5 Å². The second-order valence-corrected chi connectivity index (χ2v) is 12.2.